The second kappa shape index (κ2) is 14.1. The Kier molecular flexibility index (Phi) is 11.2. The molecule has 28 heavy (non-hydrogen) atoms. The summed E-state index contributed by atoms with van der Waals surface area (Å²) in [6.07, 6.45) is 12.7. The Morgan fingerprint density at radius 3 is 1.18 bits per heavy atom. The van der Waals surface area contributed by atoms with Gasteiger partial charge in [0.1, 0.15) is 11.5 Å². The number of hydrogen-bond acceptors (Lipinski definition) is 2. The van der Waals surface area contributed by atoms with E-state index in [1.165, 1.54) is 62.5 Å². The third kappa shape index (κ3) is 8.82. The van der Waals surface area contributed by atoms with E-state index in [0.29, 0.717) is 0 Å². The van der Waals surface area contributed by atoms with E-state index in [1.807, 2.05) is 0 Å². The van der Waals surface area contributed by atoms with E-state index in [1.54, 1.807) is 0 Å². The number of ether oxygens (including phenoxy) is 2. The van der Waals surface area contributed by atoms with Crippen molar-refractivity contribution in [1.82, 2.24) is 0 Å². The molecular weight excluding hydrogens is 344 g/mol. The van der Waals surface area contributed by atoms with Crippen LogP contribution in [0.1, 0.15) is 78.1 Å². The Balaban J connectivity index is 1.71. The molecule has 154 valence electrons. The molecule has 0 spiro atoms. The second-order valence-corrected chi connectivity index (χ2v) is 7.57. The predicted molar refractivity (Wildman–Crippen MR) is 120 cm³/mol. The monoisotopic (exact) mass is 382 g/mol. The van der Waals surface area contributed by atoms with Crippen LogP contribution in [0.4, 0.5) is 0 Å². The number of unbranched alkanes of at least 4 members (excludes halogenated alkanes) is 8. The van der Waals surface area contributed by atoms with Gasteiger partial charge in [0.25, 0.3) is 0 Å². The third-order valence-corrected chi connectivity index (χ3v) is 5.08. The molecule has 0 atom stereocenters. The molecule has 0 fully saturated rings. The van der Waals surface area contributed by atoms with Crippen molar-refractivity contribution in [2.45, 2.75) is 78.1 Å². The van der Waals surface area contributed by atoms with Crippen molar-refractivity contribution in [3.63, 3.8) is 0 Å². The molecule has 0 aliphatic heterocycles. The molecule has 0 aromatic heterocycles. The number of hydrogen-bond donors (Lipinski definition) is 0. The minimum atomic E-state index is 0.813. The summed E-state index contributed by atoms with van der Waals surface area (Å²) in [4.78, 5) is 0. The highest BCUT2D eigenvalue weighted by Gasteiger charge is 2.01. The van der Waals surface area contributed by atoms with E-state index >= 15 is 0 Å². The zero-order valence-electron chi connectivity index (χ0n) is 17.9. The highest BCUT2D eigenvalue weighted by atomic mass is 16.5. The minimum Gasteiger partial charge on any atom is -0.494 e. The van der Waals surface area contributed by atoms with Gasteiger partial charge in [-0.05, 0) is 48.2 Å². The van der Waals surface area contributed by atoms with Crippen molar-refractivity contribution >= 4 is 0 Å². The highest BCUT2D eigenvalue weighted by molar-refractivity contribution is 5.64. The van der Waals surface area contributed by atoms with Gasteiger partial charge in [-0.15, -0.1) is 0 Å². The van der Waals surface area contributed by atoms with Crippen molar-refractivity contribution in [2.24, 2.45) is 0 Å². The minimum absolute atomic E-state index is 0.813. The van der Waals surface area contributed by atoms with Gasteiger partial charge in [-0.2, -0.15) is 0 Å². The molecule has 0 saturated heterocycles. The summed E-state index contributed by atoms with van der Waals surface area (Å²) in [7, 11) is 0. The SMILES string of the molecule is CCCCCCCOc1ccc(-c2ccc(OCCCCCCC)cc2)cc1. The van der Waals surface area contributed by atoms with Crippen LogP contribution >= 0.6 is 0 Å². The Bertz CT molecular complexity index is 558. The molecule has 0 saturated carbocycles. The average Bonchev–Trinajstić information content (AvgIpc) is 2.74. The fourth-order valence-corrected chi connectivity index (χ4v) is 3.28. The number of rotatable bonds is 15. The molecule has 2 nitrogen and oxygen atoms in total. The second-order valence-electron chi connectivity index (χ2n) is 7.57. The molecule has 0 N–H and O–H groups in total. The Hall–Kier alpha value is -1.96. The molecule has 2 heteroatoms. The van der Waals surface area contributed by atoms with Crippen LogP contribution in [0, 0.1) is 0 Å². The van der Waals surface area contributed by atoms with Crippen molar-refractivity contribution in [1.29, 1.82) is 0 Å². The molecule has 0 radical (unpaired) electrons. The van der Waals surface area contributed by atoms with Gasteiger partial charge < -0.3 is 9.47 Å². The van der Waals surface area contributed by atoms with Crippen LogP contribution in [0.25, 0.3) is 11.1 Å². The van der Waals surface area contributed by atoms with E-state index in [2.05, 4.69) is 62.4 Å². The summed E-state index contributed by atoms with van der Waals surface area (Å²) >= 11 is 0. The molecule has 0 heterocycles. The zero-order chi connectivity index (χ0) is 19.9. The highest BCUT2D eigenvalue weighted by Crippen LogP contribution is 2.25. The van der Waals surface area contributed by atoms with Gasteiger partial charge in [0.2, 0.25) is 0 Å². The Labute approximate surface area is 172 Å². The van der Waals surface area contributed by atoms with E-state index in [0.717, 1.165) is 37.6 Å². The molecule has 0 amide bonds. The van der Waals surface area contributed by atoms with Crippen LogP contribution in [-0.4, -0.2) is 13.2 Å². The van der Waals surface area contributed by atoms with Gasteiger partial charge >= 0.3 is 0 Å². The Morgan fingerprint density at radius 2 is 0.821 bits per heavy atom. The van der Waals surface area contributed by atoms with E-state index in [4.69, 9.17) is 9.47 Å². The van der Waals surface area contributed by atoms with Crippen LogP contribution in [0.2, 0.25) is 0 Å². The van der Waals surface area contributed by atoms with Gasteiger partial charge in [0.15, 0.2) is 0 Å². The largest absolute Gasteiger partial charge is 0.494 e. The van der Waals surface area contributed by atoms with Crippen LogP contribution < -0.4 is 9.47 Å². The summed E-state index contributed by atoms with van der Waals surface area (Å²) in [6.45, 7) is 6.11. The quantitative estimate of drug-likeness (QED) is 0.290. The first-order valence-corrected chi connectivity index (χ1v) is 11.3. The summed E-state index contributed by atoms with van der Waals surface area (Å²) < 4.78 is 11.7. The van der Waals surface area contributed by atoms with Crippen LogP contribution in [0.15, 0.2) is 48.5 Å². The first kappa shape index (κ1) is 22.3. The van der Waals surface area contributed by atoms with Crippen molar-refractivity contribution < 1.29 is 9.47 Å². The summed E-state index contributed by atoms with van der Waals surface area (Å²) in [5.41, 5.74) is 2.42. The fourth-order valence-electron chi connectivity index (χ4n) is 3.28. The lowest BCUT2D eigenvalue weighted by Crippen LogP contribution is -1.97. The summed E-state index contributed by atoms with van der Waals surface area (Å²) in [5, 5.41) is 0. The van der Waals surface area contributed by atoms with E-state index < -0.39 is 0 Å². The van der Waals surface area contributed by atoms with E-state index in [-0.39, 0.29) is 0 Å². The van der Waals surface area contributed by atoms with E-state index in [9.17, 15) is 0 Å². The third-order valence-electron chi connectivity index (χ3n) is 5.08. The summed E-state index contributed by atoms with van der Waals surface area (Å²) in [5.74, 6) is 1.92. The van der Waals surface area contributed by atoms with Crippen LogP contribution in [0.5, 0.6) is 11.5 Å². The van der Waals surface area contributed by atoms with Crippen LogP contribution in [0.3, 0.4) is 0 Å². The van der Waals surface area contributed by atoms with Crippen molar-refractivity contribution in [3.8, 4) is 22.6 Å². The van der Waals surface area contributed by atoms with Crippen LogP contribution in [-0.2, 0) is 0 Å². The maximum absolute atomic E-state index is 5.86. The lowest BCUT2D eigenvalue weighted by molar-refractivity contribution is 0.304. The lowest BCUT2D eigenvalue weighted by atomic mass is 10.1. The molecule has 2 aromatic carbocycles. The van der Waals surface area contributed by atoms with Crippen molar-refractivity contribution in [3.05, 3.63) is 48.5 Å². The zero-order valence-corrected chi connectivity index (χ0v) is 17.9. The van der Waals surface area contributed by atoms with Crippen molar-refractivity contribution in [2.75, 3.05) is 13.2 Å². The molecule has 0 aliphatic rings. The number of benzene rings is 2. The maximum Gasteiger partial charge on any atom is 0.119 e. The lowest BCUT2D eigenvalue weighted by Gasteiger charge is -2.09. The predicted octanol–water partition coefficient (Wildman–Crippen LogP) is 8.05. The normalized spacial score (nSPS) is 10.8. The first-order valence-electron chi connectivity index (χ1n) is 11.3. The molecule has 0 bridgehead atoms. The molecule has 0 aliphatic carbocycles. The maximum atomic E-state index is 5.86. The standard InChI is InChI=1S/C26H38O2/c1-3-5-7-9-11-21-27-25-17-13-23(14-18-25)24-15-19-26(20-16-24)28-22-12-10-8-6-4-2/h13-20H,3-12,21-22H2,1-2H3. The fraction of sp³-hybridized carbons (Fsp3) is 0.538. The Morgan fingerprint density at radius 1 is 0.464 bits per heavy atom. The molecule has 2 rings (SSSR count). The molecule has 2 aromatic rings. The van der Waals surface area contributed by atoms with Gasteiger partial charge in [0.05, 0.1) is 13.2 Å². The van der Waals surface area contributed by atoms with Gasteiger partial charge in [-0.25, -0.2) is 0 Å². The first-order chi connectivity index (χ1) is 13.8. The van der Waals surface area contributed by atoms with Gasteiger partial charge in [-0.3, -0.25) is 0 Å². The average molecular weight is 383 g/mol. The van der Waals surface area contributed by atoms with Gasteiger partial charge in [0, 0.05) is 0 Å². The molecule has 0 unspecified atom stereocenters. The summed E-state index contributed by atoms with van der Waals surface area (Å²) in [6, 6.07) is 16.8. The molecular formula is C26H38O2. The topological polar surface area (TPSA) is 18.5 Å². The van der Waals surface area contributed by atoms with Gasteiger partial charge in [-0.1, -0.05) is 89.5 Å². The smallest absolute Gasteiger partial charge is 0.119 e.